The number of anilines is 1. The topological polar surface area (TPSA) is 71.2 Å². The summed E-state index contributed by atoms with van der Waals surface area (Å²) < 4.78 is 0. The van der Waals surface area contributed by atoms with Crippen LogP contribution in [0.25, 0.3) is 0 Å². The molecule has 1 unspecified atom stereocenters. The molecule has 0 aliphatic carbocycles. The lowest BCUT2D eigenvalue weighted by Gasteiger charge is -2.18. The van der Waals surface area contributed by atoms with Gasteiger partial charge in [0.1, 0.15) is 0 Å². The maximum atomic E-state index is 11.0. The van der Waals surface area contributed by atoms with Gasteiger partial charge in [-0.05, 0) is 18.6 Å². The van der Waals surface area contributed by atoms with Crippen molar-refractivity contribution in [2.45, 2.75) is 25.9 Å². The molecule has 3 N–H and O–H groups in total. The van der Waals surface area contributed by atoms with Crippen LogP contribution in [0.2, 0.25) is 0 Å². The molecule has 1 fully saturated rings. The van der Waals surface area contributed by atoms with Crippen molar-refractivity contribution in [1.29, 1.82) is 0 Å². The van der Waals surface area contributed by atoms with Gasteiger partial charge in [0, 0.05) is 32.6 Å². The fraction of sp³-hybridized carbons (Fsp3) is 0.500. The van der Waals surface area contributed by atoms with Gasteiger partial charge in [0.15, 0.2) is 0 Å². The van der Waals surface area contributed by atoms with E-state index in [9.17, 15) is 4.79 Å². The van der Waals surface area contributed by atoms with Crippen LogP contribution >= 0.6 is 0 Å². The number of pyridine rings is 1. The Labute approximate surface area is 101 Å². The fourth-order valence-electron chi connectivity index (χ4n) is 2.12. The van der Waals surface area contributed by atoms with Crippen LogP contribution in [0, 0.1) is 0 Å². The number of hydrogen-bond donors (Lipinski definition) is 2. The number of rotatable bonds is 3. The second-order valence-corrected chi connectivity index (χ2v) is 4.34. The highest BCUT2D eigenvalue weighted by Gasteiger charge is 2.23. The van der Waals surface area contributed by atoms with Crippen LogP contribution in [0.15, 0.2) is 18.3 Å². The number of amides is 1. The highest BCUT2D eigenvalue weighted by molar-refractivity contribution is 5.73. The van der Waals surface area contributed by atoms with E-state index < -0.39 is 0 Å². The van der Waals surface area contributed by atoms with E-state index in [1.54, 1.807) is 6.92 Å². The second-order valence-electron chi connectivity index (χ2n) is 4.34. The number of hydrogen-bond acceptors (Lipinski definition) is 4. The van der Waals surface area contributed by atoms with E-state index in [1.165, 1.54) is 0 Å². The first-order chi connectivity index (χ1) is 8.19. The lowest BCUT2D eigenvalue weighted by atomic mass is 10.2. The molecule has 5 nitrogen and oxygen atoms in total. The summed E-state index contributed by atoms with van der Waals surface area (Å²) in [5.74, 6) is 0.0356. The van der Waals surface area contributed by atoms with Crippen LogP contribution in [0.4, 0.5) is 5.69 Å². The predicted octanol–water partition coefficient (Wildman–Crippen LogP) is 0.255. The van der Waals surface area contributed by atoms with Crippen molar-refractivity contribution in [3.63, 3.8) is 0 Å². The normalized spacial score (nSPS) is 19.4. The lowest BCUT2D eigenvalue weighted by Crippen LogP contribution is -2.35. The number of carbonyl (C=O) groups excluding carboxylic acids is 1. The van der Waals surface area contributed by atoms with Crippen molar-refractivity contribution in [2.75, 3.05) is 18.0 Å². The lowest BCUT2D eigenvalue weighted by molar-refractivity contribution is -0.119. The summed E-state index contributed by atoms with van der Waals surface area (Å²) in [6.45, 7) is 3.83. The molecule has 1 aromatic heterocycles. The molecule has 2 rings (SSSR count). The Hall–Kier alpha value is -1.62. The Morgan fingerprint density at radius 1 is 1.65 bits per heavy atom. The first kappa shape index (κ1) is 11.9. The highest BCUT2D eigenvalue weighted by atomic mass is 16.1. The Kier molecular flexibility index (Phi) is 3.58. The Morgan fingerprint density at radius 3 is 3.06 bits per heavy atom. The maximum Gasteiger partial charge on any atom is 0.217 e. The first-order valence-corrected chi connectivity index (χ1v) is 5.86. The minimum atomic E-state index is 0.0356. The molecule has 5 heteroatoms. The smallest absolute Gasteiger partial charge is 0.217 e. The van der Waals surface area contributed by atoms with Gasteiger partial charge in [0.25, 0.3) is 0 Å². The molecule has 1 amide bonds. The molecule has 0 bridgehead atoms. The van der Waals surface area contributed by atoms with E-state index in [0.717, 1.165) is 30.9 Å². The molecule has 1 aromatic rings. The quantitative estimate of drug-likeness (QED) is 0.786. The maximum absolute atomic E-state index is 11.0. The van der Waals surface area contributed by atoms with Crippen LogP contribution in [0.1, 0.15) is 19.0 Å². The van der Waals surface area contributed by atoms with Gasteiger partial charge in [-0.2, -0.15) is 0 Å². The van der Waals surface area contributed by atoms with Crippen molar-refractivity contribution in [1.82, 2.24) is 10.3 Å². The molecule has 92 valence electrons. The van der Waals surface area contributed by atoms with Gasteiger partial charge < -0.3 is 16.0 Å². The van der Waals surface area contributed by atoms with Gasteiger partial charge in [-0.15, -0.1) is 0 Å². The summed E-state index contributed by atoms with van der Waals surface area (Å²) in [6, 6.07) is 4.23. The van der Waals surface area contributed by atoms with E-state index in [-0.39, 0.29) is 11.9 Å². The predicted molar refractivity (Wildman–Crippen MR) is 66.6 cm³/mol. The summed E-state index contributed by atoms with van der Waals surface area (Å²) in [5, 5.41) is 2.94. The van der Waals surface area contributed by atoms with Gasteiger partial charge in [0.05, 0.1) is 17.6 Å². The summed E-state index contributed by atoms with van der Waals surface area (Å²) in [6.07, 6.45) is 2.83. The summed E-state index contributed by atoms with van der Waals surface area (Å²) in [5.41, 5.74) is 7.49. The summed E-state index contributed by atoms with van der Waals surface area (Å²) in [7, 11) is 0. The summed E-state index contributed by atoms with van der Waals surface area (Å²) in [4.78, 5) is 17.5. The molecule has 0 spiro atoms. The van der Waals surface area contributed by atoms with E-state index in [1.807, 2.05) is 18.3 Å². The van der Waals surface area contributed by atoms with Crippen LogP contribution in [0.3, 0.4) is 0 Å². The Morgan fingerprint density at radius 2 is 2.47 bits per heavy atom. The zero-order valence-corrected chi connectivity index (χ0v) is 10.0. The van der Waals surface area contributed by atoms with Crippen molar-refractivity contribution in [2.24, 2.45) is 5.73 Å². The Balaban J connectivity index is 1.97. The number of carbonyl (C=O) groups is 1. The Bertz CT molecular complexity index is 390. The third-order valence-corrected chi connectivity index (χ3v) is 2.98. The average Bonchev–Trinajstić information content (AvgIpc) is 2.77. The van der Waals surface area contributed by atoms with Crippen molar-refractivity contribution < 1.29 is 4.79 Å². The molecule has 17 heavy (non-hydrogen) atoms. The van der Waals surface area contributed by atoms with Crippen molar-refractivity contribution >= 4 is 11.6 Å². The monoisotopic (exact) mass is 234 g/mol. The third kappa shape index (κ3) is 2.94. The molecule has 1 aliphatic heterocycles. The van der Waals surface area contributed by atoms with Crippen molar-refractivity contribution in [3.05, 3.63) is 24.0 Å². The van der Waals surface area contributed by atoms with E-state index >= 15 is 0 Å². The summed E-state index contributed by atoms with van der Waals surface area (Å²) >= 11 is 0. The minimum Gasteiger partial charge on any atom is -0.368 e. The zero-order valence-electron chi connectivity index (χ0n) is 10.0. The molecular formula is C12H18N4O. The number of nitrogens with zero attached hydrogens (tertiary/aromatic N) is 2. The van der Waals surface area contributed by atoms with Crippen LogP contribution in [0.5, 0.6) is 0 Å². The largest absolute Gasteiger partial charge is 0.368 e. The number of nitrogens with two attached hydrogens (primary N) is 1. The molecule has 2 heterocycles. The van der Waals surface area contributed by atoms with Crippen LogP contribution in [-0.2, 0) is 11.3 Å². The number of aromatic nitrogens is 1. The zero-order chi connectivity index (χ0) is 12.3. The van der Waals surface area contributed by atoms with Crippen LogP contribution in [-0.4, -0.2) is 30.0 Å². The van der Waals surface area contributed by atoms with Gasteiger partial charge in [0.2, 0.25) is 5.91 Å². The van der Waals surface area contributed by atoms with E-state index in [4.69, 9.17) is 5.73 Å². The highest BCUT2D eigenvalue weighted by Crippen LogP contribution is 2.19. The second kappa shape index (κ2) is 5.14. The van der Waals surface area contributed by atoms with Crippen molar-refractivity contribution in [3.8, 4) is 0 Å². The fourth-order valence-corrected chi connectivity index (χ4v) is 2.12. The van der Waals surface area contributed by atoms with E-state index in [0.29, 0.717) is 6.54 Å². The number of nitrogens with one attached hydrogen (secondary N) is 1. The first-order valence-electron chi connectivity index (χ1n) is 5.86. The molecule has 0 aromatic carbocycles. The van der Waals surface area contributed by atoms with Crippen LogP contribution < -0.4 is 16.0 Å². The minimum absolute atomic E-state index is 0.0356. The molecule has 1 saturated heterocycles. The average molecular weight is 234 g/mol. The third-order valence-electron chi connectivity index (χ3n) is 2.98. The van der Waals surface area contributed by atoms with Gasteiger partial charge in [-0.3, -0.25) is 9.78 Å². The van der Waals surface area contributed by atoms with Gasteiger partial charge >= 0.3 is 0 Å². The standard InChI is InChI=1S/C12H18N4O/c1-9(17)15-11-4-5-16(8-11)12-3-2-10(6-13)14-7-12/h2-3,7,11H,4-6,8,13H2,1H3,(H,15,17). The molecule has 1 aliphatic rings. The molecule has 0 saturated carbocycles. The SMILES string of the molecule is CC(=O)NC1CCN(c2ccc(CN)nc2)C1. The molecule has 0 radical (unpaired) electrons. The molecule has 1 atom stereocenters. The van der Waals surface area contributed by atoms with Gasteiger partial charge in [-0.1, -0.05) is 0 Å². The van der Waals surface area contributed by atoms with Gasteiger partial charge in [-0.25, -0.2) is 0 Å². The molecular weight excluding hydrogens is 216 g/mol. The van der Waals surface area contributed by atoms with E-state index in [2.05, 4.69) is 15.2 Å².